The molecule has 2 aromatic carbocycles. The Labute approximate surface area is 170 Å². The molecule has 148 valence electrons. The van der Waals surface area contributed by atoms with E-state index in [1.807, 2.05) is 13.8 Å². The van der Waals surface area contributed by atoms with Crippen molar-refractivity contribution >= 4 is 34.8 Å². The first-order chi connectivity index (χ1) is 13.5. The summed E-state index contributed by atoms with van der Waals surface area (Å²) in [5.74, 6) is 0.0820. The maximum Gasteiger partial charge on any atom is 0.257 e. The summed E-state index contributed by atoms with van der Waals surface area (Å²) in [7, 11) is 0. The first kappa shape index (κ1) is 21.4. The highest BCUT2D eigenvalue weighted by molar-refractivity contribution is 7.80. The van der Waals surface area contributed by atoms with E-state index in [0.29, 0.717) is 35.7 Å². The first-order valence-electron chi connectivity index (χ1n) is 9.27. The van der Waals surface area contributed by atoms with Crippen molar-refractivity contribution in [2.75, 3.05) is 18.5 Å². The van der Waals surface area contributed by atoms with E-state index in [1.165, 1.54) is 0 Å². The molecular weight excluding hydrogens is 374 g/mol. The van der Waals surface area contributed by atoms with Crippen LogP contribution in [0.1, 0.15) is 47.4 Å². The van der Waals surface area contributed by atoms with Crippen LogP contribution in [-0.4, -0.2) is 30.1 Å². The Morgan fingerprint density at radius 1 is 1.00 bits per heavy atom. The van der Waals surface area contributed by atoms with Crippen molar-refractivity contribution in [3.05, 3.63) is 59.7 Å². The van der Waals surface area contributed by atoms with E-state index >= 15 is 0 Å². The molecule has 0 aliphatic carbocycles. The Morgan fingerprint density at radius 3 is 2.54 bits per heavy atom. The molecule has 2 amide bonds. The molecule has 0 saturated carbocycles. The van der Waals surface area contributed by atoms with Gasteiger partial charge in [-0.25, -0.2) is 0 Å². The van der Waals surface area contributed by atoms with E-state index in [1.54, 1.807) is 48.5 Å². The molecule has 0 aromatic heterocycles. The van der Waals surface area contributed by atoms with E-state index in [2.05, 4.69) is 16.0 Å². The van der Waals surface area contributed by atoms with Crippen molar-refractivity contribution in [1.82, 2.24) is 10.6 Å². The minimum Gasteiger partial charge on any atom is -0.494 e. The minimum absolute atomic E-state index is 0.112. The molecule has 28 heavy (non-hydrogen) atoms. The van der Waals surface area contributed by atoms with Gasteiger partial charge in [0.25, 0.3) is 11.8 Å². The zero-order valence-corrected chi connectivity index (χ0v) is 16.9. The van der Waals surface area contributed by atoms with Gasteiger partial charge in [0.2, 0.25) is 0 Å². The number of anilines is 1. The van der Waals surface area contributed by atoms with Crippen LogP contribution in [0, 0.1) is 0 Å². The zero-order valence-electron chi connectivity index (χ0n) is 16.1. The fraction of sp³-hybridized carbons (Fsp3) is 0.286. The van der Waals surface area contributed by atoms with Crippen LogP contribution in [0.3, 0.4) is 0 Å². The molecule has 0 atom stereocenters. The lowest BCUT2D eigenvalue weighted by atomic mass is 10.1. The molecular formula is C21H25N3O3S. The Hall–Kier alpha value is -2.93. The van der Waals surface area contributed by atoms with Crippen LogP contribution >= 0.6 is 12.2 Å². The number of nitrogens with one attached hydrogen (secondary N) is 3. The van der Waals surface area contributed by atoms with Crippen molar-refractivity contribution < 1.29 is 14.3 Å². The minimum atomic E-state index is -0.354. The Balaban J connectivity index is 2.02. The molecule has 6 nitrogen and oxygen atoms in total. The molecule has 0 bridgehead atoms. The molecule has 2 rings (SSSR count). The second-order valence-corrected chi connectivity index (χ2v) is 6.49. The standard InChI is InChI=1S/C21H25N3O3S/c1-3-12-22-20(26)17-10-5-6-11-18(17)23-21(28)24-19(25)15-8-7-9-16(14-15)27-13-4-2/h5-11,14H,3-4,12-13H2,1-2H3,(H,22,26)(H2,23,24,25,28). The number of ether oxygens (including phenoxy) is 1. The molecule has 0 heterocycles. The Morgan fingerprint density at radius 2 is 1.79 bits per heavy atom. The van der Waals surface area contributed by atoms with Crippen LogP contribution in [-0.2, 0) is 0 Å². The van der Waals surface area contributed by atoms with Gasteiger partial charge in [0, 0.05) is 12.1 Å². The second kappa shape index (κ2) is 11.0. The lowest BCUT2D eigenvalue weighted by Crippen LogP contribution is -2.35. The van der Waals surface area contributed by atoms with Gasteiger partial charge in [0.1, 0.15) is 5.75 Å². The molecule has 0 aliphatic heterocycles. The van der Waals surface area contributed by atoms with Gasteiger partial charge in [-0.1, -0.05) is 32.0 Å². The predicted molar refractivity (Wildman–Crippen MR) is 115 cm³/mol. The molecule has 0 spiro atoms. The van der Waals surface area contributed by atoms with Crippen LogP contribution in [0.4, 0.5) is 5.69 Å². The zero-order chi connectivity index (χ0) is 20.4. The topological polar surface area (TPSA) is 79.5 Å². The van der Waals surface area contributed by atoms with E-state index in [-0.39, 0.29) is 16.9 Å². The van der Waals surface area contributed by atoms with Gasteiger partial charge in [0.15, 0.2) is 5.11 Å². The number of benzene rings is 2. The molecule has 0 aliphatic rings. The van der Waals surface area contributed by atoms with Gasteiger partial charge in [0.05, 0.1) is 17.9 Å². The van der Waals surface area contributed by atoms with Crippen LogP contribution in [0.25, 0.3) is 0 Å². The summed E-state index contributed by atoms with van der Waals surface area (Å²) in [6.45, 7) is 5.17. The highest BCUT2D eigenvalue weighted by Crippen LogP contribution is 2.16. The summed E-state index contributed by atoms with van der Waals surface area (Å²) in [5, 5.41) is 8.50. The number of amides is 2. The highest BCUT2D eigenvalue weighted by atomic mass is 32.1. The normalized spacial score (nSPS) is 10.1. The van der Waals surface area contributed by atoms with Gasteiger partial charge < -0.3 is 15.4 Å². The Kier molecular flexibility index (Phi) is 8.42. The van der Waals surface area contributed by atoms with Crippen molar-refractivity contribution in [3.63, 3.8) is 0 Å². The van der Waals surface area contributed by atoms with Crippen LogP contribution in [0.2, 0.25) is 0 Å². The van der Waals surface area contributed by atoms with Crippen molar-refractivity contribution in [2.45, 2.75) is 26.7 Å². The number of hydrogen-bond acceptors (Lipinski definition) is 4. The average Bonchev–Trinajstić information content (AvgIpc) is 2.71. The lowest BCUT2D eigenvalue weighted by molar-refractivity contribution is 0.0952. The first-order valence-corrected chi connectivity index (χ1v) is 9.68. The Bertz CT molecular complexity index is 839. The summed E-state index contributed by atoms with van der Waals surface area (Å²) in [6.07, 6.45) is 1.73. The SMILES string of the molecule is CCCNC(=O)c1ccccc1NC(=S)NC(=O)c1cccc(OCCC)c1. The largest absolute Gasteiger partial charge is 0.494 e. The van der Waals surface area contributed by atoms with Crippen molar-refractivity contribution in [3.8, 4) is 5.75 Å². The van der Waals surface area contributed by atoms with Crippen molar-refractivity contribution in [1.29, 1.82) is 0 Å². The average molecular weight is 400 g/mol. The number of thiocarbonyl (C=S) groups is 1. The summed E-state index contributed by atoms with van der Waals surface area (Å²) in [6, 6.07) is 13.9. The lowest BCUT2D eigenvalue weighted by Gasteiger charge is -2.14. The maximum atomic E-state index is 12.5. The predicted octanol–water partition coefficient (Wildman–Crippen LogP) is 3.74. The van der Waals surface area contributed by atoms with Gasteiger partial charge >= 0.3 is 0 Å². The van der Waals surface area contributed by atoms with Crippen LogP contribution < -0.4 is 20.7 Å². The van der Waals surface area contributed by atoms with Gasteiger partial charge in [-0.3, -0.25) is 14.9 Å². The van der Waals surface area contributed by atoms with Crippen LogP contribution in [0.5, 0.6) is 5.75 Å². The molecule has 0 fully saturated rings. The van der Waals surface area contributed by atoms with E-state index in [4.69, 9.17) is 17.0 Å². The van der Waals surface area contributed by atoms with Gasteiger partial charge in [-0.05, 0) is 55.4 Å². The van der Waals surface area contributed by atoms with E-state index < -0.39 is 0 Å². The monoisotopic (exact) mass is 399 g/mol. The molecule has 0 saturated heterocycles. The number of carbonyl (C=O) groups is 2. The fourth-order valence-corrected chi connectivity index (χ4v) is 2.60. The van der Waals surface area contributed by atoms with Gasteiger partial charge in [-0.2, -0.15) is 0 Å². The number of hydrogen-bond donors (Lipinski definition) is 3. The third kappa shape index (κ3) is 6.35. The highest BCUT2D eigenvalue weighted by Gasteiger charge is 2.13. The summed E-state index contributed by atoms with van der Waals surface area (Å²) < 4.78 is 5.55. The third-order valence-corrected chi connectivity index (χ3v) is 3.96. The second-order valence-electron chi connectivity index (χ2n) is 6.09. The third-order valence-electron chi connectivity index (χ3n) is 3.75. The summed E-state index contributed by atoms with van der Waals surface area (Å²) >= 11 is 5.24. The van der Waals surface area contributed by atoms with E-state index in [0.717, 1.165) is 12.8 Å². The molecule has 0 radical (unpaired) electrons. The molecule has 0 unspecified atom stereocenters. The number of para-hydroxylation sites is 1. The maximum absolute atomic E-state index is 12.5. The number of rotatable bonds is 8. The quantitative estimate of drug-likeness (QED) is 0.589. The molecule has 2 aromatic rings. The smallest absolute Gasteiger partial charge is 0.257 e. The summed E-state index contributed by atoms with van der Waals surface area (Å²) in [4.78, 5) is 24.7. The molecule has 3 N–H and O–H groups in total. The summed E-state index contributed by atoms with van der Waals surface area (Å²) in [5.41, 5.74) is 1.43. The van der Waals surface area contributed by atoms with E-state index in [9.17, 15) is 9.59 Å². The van der Waals surface area contributed by atoms with Crippen molar-refractivity contribution in [2.24, 2.45) is 0 Å². The fourth-order valence-electron chi connectivity index (χ4n) is 2.40. The molecule has 7 heteroatoms. The van der Waals surface area contributed by atoms with Gasteiger partial charge in [-0.15, -0.1) is 0 Å². The van der Waals surface area contributed by atoms with Crippen LogP contribution in [0.15, 0.2) is 48.5 Å². The number of carbonyl (C=O) groups excluding carboxylic acids is 2.